The van der Waals surface area contributed by atoms with Gasteiger partial charge in [0.15, 0.2) is 0 Å². The van der Waals surface area contributed by atoms with Gasteiger partial charge in [0.05, 0.1) is 30.9 Å². The average molecular weight is 298 g/mol. The van der Waals surface area contributed by atoms with Crippen molar-refractivity contribution in [3.05, 3.63) is 35.4 Å². The van der Waals surface area contributed by atoms with Gasteiger partial charge in [-0.3, -0.25) is 0 Å². The van der Waals surface area contributed by atoms with Gasteiger partial charge in [0.25, 0.3) is 0 Å². The summed E-state index contributed by atoms with van der Waals surface area (Å²) in [5.41, 5.74) is 0.526. The third kappa shape index (κ3) is 5.90. The van der Waals surface area contributed by atoms with Crippen LogP contribution in [0.5, 0.6) is 0 Å². The minimum atomic E-state index is -0.779. The van der Waals surface area contributed by atoms with Crippen LogP contribution in [0.3, 0.4) is 0 Å². The largest absolute Gasteiger partial charge is 0.460 e. The predicted octanol–water partition coefficient (Wildman–Crippen LogP) is 0.347. The summed E-state index contributed by atoms with van der Waals surface area (Å²) in [5.74, 6) is -1.18. The first-order valence-corrected chi connectivity index (χ1v) is 6.40. The van der Waals surface area contributed by atoms with Crippen molar-refractivity contribution < 1.29 is 34.0 Å². The number of hydrogen-bond acceptors (Lipinski definition) is 7. The molecule has 116 valence electrons. The Morgan fingerprint density at radius 3 is 2.05 bits per heavy atom. The van der Waals surface area contributed by atoms with E-state index in [9.17, 15) is 9.59 Å². The van der Waals surface area contributed by atoms with E-state index in [1.807, 2.05) is 0 Å². The number of aliphatic hydroxyl groups is 2. The third-order valence-electron chi connectivity index (χ3n) is 2.40. The zero-order chi connectivity index (χ0) is 15.7. The number of aliphatic hydroxyl groups excluding tert-OH is 2. The molecule has 0 saturated heterocycles. The molecule has 1 aromatic rings. The molecule has 0 radical (unpaired) electrons. The molecule has 0 saturated carbocycles. The lowest BCUT2D eigenvalue weighted by Crippen LogP contribution is -2.20. The Balaban J connectivity index is 2.56. The van der Waals surface area contributed by atoms with Gasteiger partial charge in [0.2, 0.25) is 6.29 Å². The molecule has 1 aromatic carbocycles. The average Bonchev–Trinajstić information content (AvgIpc) is 2.50. The van der Waals surface area contributed by atoms with E-state index in [1.165, 1.54) is 31.2 Å². The van der Waals surface area contributed by atoms with Crippen LogP contribution in [0.2, 0.25) is 0 Å². The van der Waals surface area contributed by atoms with Crippen LogP contribution in [0.1, 0.15) is 27.6 Å². The maximum Gasteiger partial charge on any atom is 0.340 e. The first-order valence-electron chi connectivity index (χ1n) is 6.40. The molecule has 21 heavy (non-hydrogen) atoms. The standard InChI is InChI=1S/C14H18O7/c1-10(19-8-6-15)21-14(18)12-4-2-11(3-5-12)13(17)20-9-7-16/h2-5,10,15-16H,6-9H2,1H3. The molecule has 0 spiro atoms. The molecule has 2 N–H and O–H groups in total. The molecule has 0 aliphatic heterocycles. The third-order valence-corrected chi connectivity index (χ3v) is 2.40. The van der Waals surface area contributed by atoms with Crippen molar-refractivity contribution in [2.75, 3.05) is 26.4 Å². The molecule has 7 heteroatoms. The van der Waals surface area contributed by atoms with E-state index in [2.05, 4.69) is 0 Å². The Bertz CT molecular complexity index is 455. The van der Waals surface area contributed by atoms with Crippen LogP contribution in [-0.2, 0) is 14.2 Å². The Hall–Kier alpha value is -1.96. The zero-order valence-corrected chi connectivity index (χ0v) is 11.7. The number of ether oxygens (including phenoxy) is 3. The normalized spacial score (nSPS) is 11.8. The quantitative estimate of drug-likeness (QED) is 0.527. The molecule has 1 rings (SSSR count). The van der Waals surface area contributed by atoms with E-state index in [-0.39, 0.29) is 37.6 Å². The van der Waals surface area contributed by atoms with Crippen LogP contribution in [0.4, 0.5) is 0 Å². The number of hydrogen-bond donors (Lipinski definition) is 2. The van der Waals surface area contributed by atoms with Crippen LogP contribution in [-0.4, -0.2) is 54.9 Å². The number of carbonyl (C=O) groups is 2. The molecular formula is C14H18O7. The molecule has 0 aliphatic carbocycles. The van der Waals surface area contributed by atoms with Gasteiger partial charge in [-0.25, -0.2) is 9.59 Å². The van der Waals surface area contributed by atoms with Gasteiger partial charge >= 0.3 is 11.9 Å². The molecule has 0 bridgehead atoms. The Morgan fingerprint density at radius 1 is 1.00 bits per heavy atom. The highest BCUT2D eigenvalue weighted by Gasteiger charge is 2.13. The maximum absolute atomic E-state index is 11.8. The van der Waals surface area contributed by atoms with E-state index in [0.29, 0.717) is 0 Å². The summed E-state index contributed by atoms with van der Waals surface area (Å²) in [6.07, 6.45) is -0.779. The molecule has 0 fully saturated rings. The highest BCUT2D eigenvalue weighted by molar-refractivity contribution is 5.93. The first kappa shape index (κ1) is 17.1. The summed E-state index contributed by atoms with van der Waals surface area (Å²) >= 11 is 0. The second kappa shape index (κ2) is 9.06. The monoisotopic (exact) mass is 298 g/mol. The second-order valence-electron chi connectivity index (χ2n) is 4.00. The summed E-state index contributed by atoms with van der Waals surface area (Å²) in [4.78, 5) is 23.2. The molecule has 0 aromatic heterocycles. The van der Waals surface area contributed by atoms with Gasteiger partial charge in [-0.15, -0.1) is 0 Å². The van der Waals surface area contributed by atoms with Gasteiger partial charge in [-0.1, -0.05) is 0 Å². The fourth-order valence-electron chi connectivity index (χ4n) is 1.44. The Morgan fingerprint density at radius 2 is 1.52 bits per heavy atom. The number of benzene rings is 1. The lowest BCUT2D eigenvalue weighted by molar-refractivity contribution is -0.104. The van der Waals surface area contributed by atoms with Crippen molar-refractivity contribution in [2.45, 2.75) is 13.2 Å². The van der Waals surface area contributed by atoms with Gasteiger partial charge < -0.3 is 24.4 Å². The summed E-state index contributed by atoms with van der Waals surface area (Å²) in [6.45, 7) is 1.12. The highest BCUT2D eigenvalue weighted by Crippen LogP contribution is 2.09. The van der Waals surface area contributed by atoms with Gasteiger partial charge in [0, 0.05) is 0 Å². The maximum atomic E-state index is 11.8. The van der Waals surface area contributed by atoms with E-state index < -0.39 is 18.2 Å². The SMILES string of the molecule is CC(OCCO)OC(=O)c1ccc(C(=O)OCCO)cc1. The van der Waals surface area contributed by atoms with Crippen molar-refractivity contribution in [3.63, 3.8) is 0 Å². The molecule has 0 heterocycles. The predicted molar refractivity (Wildman–Crippen MR) is 71.7 cm³/mol. The van der Waals surface area contributed by atoms with Crippen molar-refractivity contribution in [1.29, 1.82) is 0 Å². The molecule has 1 atom stereocenters. The zero-order valence-electron chi connectivity index (χ0n) is 11.7. The van der Waals surface area contributed by atoms with E-state index in [1.54, 1.807) is 0 Å². The molecule has 0 aliphatic rings. The fraction of sp³-hybridized carbons (Fsp3) is 0.429. The number of esters is 2. The van der Waals surface area contributed by atoms with Gasteiger partial charge in [-0.05, 0) is 31.2 Å². The Kier molecular flexibility index (Phi) is 7.38. The van der Waals surface area contributed by atoms with Gasteiger partial charge in [-0.2, -0.15) is 0 Å². The van der Waals surface area contributed by atoms with E-state index in [0.717, 1.165) is 0 Å². The number of carbonyl (C=O) groups excluding carboxylic acids is 2. The lowest BCUT2D eigenvalue weighted by Gasteiger charge is -2.13. The molecule has 1 unspecified atom stereocenters. The molecule has 0 amide bonds. The summed E-state index contributed by atoms with van der Waals surface area (Å²) < 4.78 is 14.7. The van der Waals surface area contributed by atoms with Crippen molar-refractivity contribution in [3.8, 4) is 0 Å². The second-order valence-corrected chi connectivity index (χ2v) is 4.00. The summed E-state index contributed by atoms with van der Waals surface area (Å²) in [7, 11) is 0. The van der Waals surface area contributed by atoms with Crippen LogP contribution in [0.15, 0.2) is 24.3 Å². The first-order chi connectivity index (χ1) is 10.1. The molecule has 7 nitrogen and oxygen atoms in total. The fourth-order valence-corrected chi connectivity index (χ4v) is 1.44. The highest BCUT2D eigenvalue weighted by atomic mass is 16.7. The van der Waals surface area contributed by atoms with Crippen LogP contribution in [0.25, 0.3) is 0 Å². The van der Waals surface area contributed by atoms with Crippen molar-refractivity contribution >= 4 is 11.9 Å². The van der Waals surface area contributed by atoms with Crippen LogP contribution in [0, 0.1) is 0 Å². The topological polar surface area (TPSA) is 102 Å². The summed E-state index contributed by atoms with van der Waals surface area (Å²) in [5, 5.41) is 17.1. The minimum Gasteiger partial charge on any atom is -0.460 e. The number of rotatable bonds is 8. The van der Waals surface area contributed by atoms with Crippen molar-refractivity contribution in [2.24, 2.45) is 0 Å². The Labute approximate surface area is 122 Å². The van der Waals surface area contributed by atoms with Crippen molar-refractivity contribution in [1.82, 2.24) is 0 Å². The van der Waals surface area contributed by atoms with E-state index >= 15 is 0 Å². The minimum absolute atomic E-state index is 0.0735. The van der Waals surface area contributed by atoms with E-state index in [4.69, 9.17) is 24.4 Å². The van der Waals surface area contributed by atoms with Crippen LogP contribution >= 0.6 is 0 Å². The lowest BCUT2D eigenvalue weighted by atomic mass is 10.1. The smallest absolute Gasteiger partial charge is 0.340 e. The van der Waals surface area contributed by atoms with Crippen LogP contribution < -0.4 is 0 Å². The molecular weight excluding hydrogens is 280 g/mol. The summed E-state index contributed by atoms with van der Waals surface area (Å²) in [6, 6.07) is 5.71. The van der Waals surface area contributed by atoms with Gasteiger partial charge in [0.1, 0.15) is 6.61 Å².